The SMILES string of the molecule is COc1cc(F)c(NC(=O)Nc2csc(C(=O)O)c2C(=O)O)cc1N(C)Cc1c(OC)ccc(F)c1F. The molecular weight excluding hydrogens is 519 g/mol. The first-order valence-electron chi connectivity index (χ1n) is 10.2. The van der Waals surface area contributed by atoms with E-state index in [1.807, 2.05) is 0 Å². The van der Waals surface area contributed by atoms with E-state index in [4.69, 9.17) is 14.6 Å². The molecule has 14 heteroatoms. The van der Waals surface area contributed by atoms with Crippen LogP contribution in [0, 0.1) is 17.5 Å². The highest BCUT2D eigenvalue weighted by molar-refractivity contribution is 7.13. The average molecular weight is 539 g/mol. The number of nitrogens with one attached hydrogen (secondary N) is 2. The summed E-state index contributed by atoms with van der Waals surface area (Å²) >= 11 is 0.594. The van der Waals surface area contributed by atoms with Crippen LogP contribution >= 0.6 is 11.3 Å². The molecule has 196 valence electrons. The van der Waals surface area contributed by atoms with E-state index in [0.29, 0.717) is 11.3 Å². The number of anilines is 3. The third kappa shape index (κ3) is 5.69. The molecule has 4 N–H and O–H groups in total. The Balaban J connectivity index is 1.90. The van der Waals surface area contributed by atoms with Crippen molar-refractivity contribution in [2.75, 3.05) is 36.8 Å². The van der Waals surface area contributed by atoms with Gasteiger partial charge >= 0.3 is 18.0 Å². The Bertz CT molecular complexity index is 1380. The number of carbonyl (C=O) groups excluding carboxylic acids is 1. The first-order chi connectivity index (χ1) is 17.5. The highest BCUT2D eigenvalue weighted by Gasteiger charge is 2.25. The standard InChI is InChI=1S/C23H20F3N3O7S/c1-29(8-10-16(35-2)5-4-11(24)19(10)26)15-7-13(12(25)6-17(15)36-3)27-23(34)28-14-9-37-20(22(32)33)18(14)21(30)31/h4-7,9H,8H2,1-3H3,(H,30,31)(H,32,33)(H2,27,28,34). The van der Waals surface area contributed by atoms with Crippen LogP contribution in [0.4, 0.5) is 35.0 Å². The molecule has 0 aliphatic rings. The topological polar surface area (TPSA) is 137 Å². The maximum absolute atomic E-state index is 14.7. The summed E-state index contributed by atoms with van der Waals surface area (Å²) in [5, 5.41) is 24.0. The Morgan fingerprint density at radius 2 is 1.59 bits per heavy atom. The summed E-state index contributed by atoms with van der Waals surface area (Å²) in [4.78, 5) is 36.1. The van der Waals surface area contributed by atoms with Gasteiger partial charge in [0, 0.05) is 25.0 Å². The van der Waals surface area contributed by atoms with Crippen molar-refractivity contribution < 1.29 is 47.2 Å². The van der Waals surface area contributed by atoms with Gasteiger partial charge < -0.3 is 35.2 Å². The van der Waals surface area contributed by atoms with E-state index in [2.05, 4.69) is 10.6 Å². The number of ether oxygens (including phenoxy) is 2. The van der Waals surface area contributed by atoms with Crippen LogP contribution < -0.4 is 25.0 Å². The fourth-order valence-corrected chi connectivity index (χ4v) is 4.26. The summed E-state index contributed by atoms with van der Waals surface area (Å²) in [5.74, 6) is -6.11. The molecule has 10 nitrogen and oxygen atoms in total. The number of urea groups is 1. The van der Waals surface area contributed by atoms with Crippen LogP contribution in [0.25, 0.3) is 0 Å². The smallest absolute Gasteiger partial charge is 0.346 e. The lowest BCUT2D eigenvalue weighted by molar-refractivity contribution is 0.0657. The lowest BCUT2D eigenvalue weighted by Gasteiger charge is -2.24. The van der Waals surface area contributed by atoms with Gasteiger partial charge in [-0.3, -0.25) is 0 Å². The van der Waals surface area contributed by atoms with Gasteiger partial charge in [-0.15, -0.1) is 11.3 Å². The lowest BCUT2D eigenvalue weighted by atomic mass is 10.1. The van der Waals surface area contributed by atoms with Gasteiger partial charge in [-0.25, -0.2) is 27.6 Å². The summed E-state index contributed by atoms with van der Waals surface area (Å²) in [7, 11) is 4.04. The van der Waals surface area contributed by atoms with E-state index in [1.54, 1.807) is 0 Å². The van der Waals surface area contributed by atoms with Crippen LogP contribution in [0.5, 0.6) is 11.5 Å². The molecule has 0 atom stereocenters. The van der Waals surface area contributed by atoms with Gasteiger partial charge in [-0.05, 0) is 18.2 Å². The maximum atomic E-state index is 14.7. The number of rotatable bonds is 9. The number of methoxy groups -OCH3 is 2. The number of carboxylic acids is 2. The number of amides is 2. The highest BCUT2D eigenvalue weighted by Crippen LogP contribution is 2.36. The number of hydrogen-bond donors (Lipinski definition) is 4. The molecule has 2 aromatic carbocycles. The molecule has 0 radical (unpaired) electrons. The van der Waals surface area contributed by atoms with Crippen LogP contribution in [0.1, 0.15) is 25.6 Å². The average Bonchev–Trinajstić information content (AvgIpc) is 3.27. The van der Waals surface area contributed by atoms with E-state index in [9.17, 15) is 32.7 Å². The number of benzene rings is 2. The molecule has 1 heterocycles. The Hall–Kier alpha value is -4.46. The van der Waals surface area contributed by atoms with Crippen LogP contribution in [-0.2, 0) is 6.54 Å². The van der Waals surface area contributed by atoms with Crippen molar-refractivity contribution in [2.24, 2.45) is 0 Å². The maximum Gasteiger partial charge on any atom is 0.346 e. The van der Waals surface area contributed by atoms with Crippen LogP contribution in [0.3, 0.4) is 0 Å². The molecule has 37 heavy (non-hydrogen) atoms. The minimum absolute atomic E-state index is 0.0128. The van der Waals surface area contributed by atoms with Crippen molar-refractivity contribution in [3.63, 3.8) is 0 Å². The quantitative estimate of drug-likeness (QED) is 0.303. The Kier molecular flexibility index (Phi) is 8.12. The molecule has 3 rings (SSSR count). The van der Waals surface area contributed by atoms with Gasteiger partial charge in [0.2, 0.25) is 0 Å². The van der Waals surface area contributed by atoms with E-state index in [-0.39, 0.29) is 40.7 Å². The second-order valence-corrected chi connectivity index (χ2v) is 8.32. The van der Waals surface area contributed by atoms with Gasteiger partial charge in [-0.2, -0.15) is 0 Å². The number of nitrogens with zero attached hydrogens (tertiary/aromatic N) is 1. The van der Waals surface area contributed by atoms with Crippen molar-refractivity contribution in [3.8, 4) is 11.5 Å². The number of carboxylic acid groups (broad SMARTS) is 2. The minimum Gasteiger partial charge on any atom is -0.496 e. The molecule has 0 bridgehead atoms. The number of thiophene rings is 1. The largest absolute Gasteiger partial charge is 0.496 e. The highest BCUT2D eigenvalue weighted by atomic mass is 32.1. The van der Waals surface area contributed by atoms with Crippen molar-refractivity contribution in [1.82, 2.24) is 0 Å². The van der Waals surface area contributed by atoms with Crippen LogP contribution in [0.15, 0.2) is 29.6 Å². The zero-order chi connectivity index (χ0) is 27.4. The Morgan fingerprint density at radius 1 is 0.946 bits per heavy atom. The number of carbonyl (C=O) groups is 3. The number of halogens is 3. The normalized spacial score (nSPS) is 10.5. The summed E-state index contributed by atoms with van der Waals surface area (Å²) in [6.45, 7) is -0.227. The molecule has 2 amide bonds. The summed E-state index contributed by atoms with van der Waals surface area (Å²) in [5.41, 5.74) is -1.23. The van der Waals surface area contributed by atoms with Crippen LogP contribution in [0.2, 0.25) is 0 Å². The van der Waals surface area contributed by atoms with E-state index < -0.39 is 45.9 Å². The Morgan fingerprint density at radius 3 is 2.19 bits per heavy atom. The van der Waals surface area contributed by atoms with Crippen molar-refractivity contribution >= 4 is 46.4 Å². The van der Waals surface area contributed by atoms with Crippen molar-refractivity contribution in [3.05, 3.63) is 63.1 Å². The molecule has 0 saturated carbocycles. The molecule has 0 aliphatic heterocycles. The van der Waals surface area contributed by atoms with E-state index in [0.717, 1.165) is 17.5 Å². The molecule has 0 spiro atoms. The molecular formula is C23H20F3N3O7S. The predicted octanol–water partition coefficient (Wildman–Crippen LogP) is 4.86. The summed E-state index contributed by atoms with van der Waals surface area (Å²) in [6, 6.07) is 3.24. The third-order valence-electron chi connectivity index (χ3n) is 5.14. The first kappa shape index (κ1) is 27.1. The minimum atomic E-state index is -1.58. The number of aromatic carboxylic acids is 2. The Labute approximate surface area is 211 Å². The first-order valence-corrected chi connectivity index (χ1v) is 11.1. The predicted molar refractivity (Wildman–Crippen MR) is 129 cm³/mol. The van der Waals surface area contributed by atoms with Gasteiger partial charge in [0.25, 0.3) is 0 Å². The molecule has 0 aliphatic carbocycles. The van der Waals surface area contributed by atoms with Crippen molar-refractivity contribution in [1.29, 1.82) is 0 Å². The second-order valence-electron chi connectivity index (χ2n) is 7.45. The van der Waals surface area contributed by atoms with Gasteiger partial charge in [-0.1, -0.05) is 0 Å². The summed E-state index contributed by atoms with van der Waals surface area (Å²) < 4.78 is 53.3. The second kappa shape index (κ2) is 11.1. The zero-order valence-corrected chi connectivity index (χ0v) is 20.3. The molecule has 3 aromatic rings. The monoisotopic (exact) mass is 539 g/mol. The fourth-order valence-electron chi connectivity index (χ4n) is 3.43. The van der Waals surface area contributed by atoms with E-state index >= 15 is 0 Å². The summed E-state index contributed by atoms with van der Waals surface area (Å²) in [6.07, 6.45) is 0. The number of hydrogen-bond acceptors (Lipinski definition) is 7. The third-order valence-corrected chi connectivity index (χ3v) is 6.11. The van der Waals surface area contributed by atoms with Gasteiger partial charge in [0.05, 0.1) is 36.8 Å². The lowest BCUT2D eigenvalue weighted by Crippen LogP contribution is -2.23. The zero-order valence-electron chi connectivity index (χ0n) is 19.5. The van der Waals surface area contributed by atoms with Crippen LogP contribution in [-0.4, -0.2) is 49.5 Å². The van der Waals surface area contributed by atoms with E-state index in [1.165, 1.54) is 38.3 Å². The molecule has 0 saturated heterocycles. The molecule has 1 aromatic heterocycles. The fraction of sp³-hybridized carbons (Fsp3) is 0.174. The van der Waals surface area contributed by atoms with Crippen molar-refractivity contribution in [2.45, 2.75) is 6.54 Å². The van der Waals surface area contributed by atoms with Gasteiger partial charge in [0.1, 0.15) is 21.9 Å². The molecule has 0 fully saturated rings. The van der Waals surface area contributed by atoms with Gasteiger partial charge in [0.15, 0.2) is 17.5 Å². The molecule has 0 unspecified atom stereocenters.